The quantitative estimate of drug-likeness (QED) is 0.526. The van der Waals surface area contributed by atoms with Gasteiger partial charge in [0.25, 0.3) is 5.91 Å². The fourth-order valence-electron chi connectivity index (χ4n) is 0.483. The Morgan fingerprint density at radius 1 is 1.30 bits per heavy atom. The minimum Gasteiger partial charge on any atom is -0.337 e. The van der Waals surface area contributed by atoms with Crippen LogP contribution in [0.3, 0.4) is 0 Å². The van der Waals surface area contributed by atoms with Crippen LogP contribution in [0, 0.1) is 0 Å². The highest BCUT2D eigenvalue weighted by molar-refractivity contribution is 6.35. The number of likely N-dealkylation sites (N-methyl/N-ethyl adjacent to an activating group) is 1. The lowest BCUT2D eigenvalue weighted by atomic mass is 10.3. The predicted octanol–water partition coefficient (Wildman–Crippen LogP) is 0.442. The molecule has 0 fully saturated rings. The second-order valence-corrected chi connectivity index (χ2v) is 2.57. The Bertz CT molecular complexity index is 152. The SMILES string of the molecule is CC(=O)C(=O)N(C)C(C)C. The number of ketones is 1. The van der Waals surface area contributed by atoms with E-state index in [0.717, 1.165) is 0 Å². The van der Waals surface area contributed by atoms with E-state index in [1.54, 1.807) is 7.05 Å². The fourth-order valence-corrected chi connectivity index (χ4v) is 0.483. The van der Waals surface area contributed by atoms with E-state index in [9.17, 15) is 9.59 Å². The van der Waals surface area contributed by atoms with Crippen LogP contribution in [0.4, 0.5) is 0 Å². The minimum absolute atomic E-state index is 0.0939. The summed E-state index contributed by atoms with van der Waals surface area (Å²) in [6, 6.07) is 0.0939. The number of Topliss-reactive ketones (excluding diaryl/α,β-unsaturated/α-hetero) is 1. The Labute approximate surface area is 61.0 Å². The standard InChI is InChI=1S/C7H13NO2/c1-5(2)8(4)7(10)6(3)9/h5H,1-4H3. The van der Waals surface area contributed by atoms with E-state index >= 15 is 0 Å². The Kier molecular flexibility index (Phi) is 3.06. The molecule has 0 radical (unpaired) electrons. The molecule has 0 aromatic rings. The molecule has 10 heavy (non-hydrogen) atoms. The molecule has 0 aliphatic rings. The molecule has 0 aliphatic carbocycles. The van der Waals surface area contributed by atoms with Crippen molar-refractivity contribution < 1.29 is 9.59 Å². The molecular formula is C7H13NO2. The highest BCUT2D eigenvalue weighted by Gasteiger charge is 2.15. The average Bonchev–Trinajstić information content (AvgIpc) is 1.84. The van der Waals surface area contributed by atoms with Gasteiger partial charge in [0.05, 0.1) is 0 Å². The molecule has 0 atom stereocenters. The summed E-state index contributed by atoms with van der Waals surface area (Å²) in [6.45, 7) is 5.00. The molecule has 3 nitrogen and oxygen atoms in total. The van der Waals surface area contributed by atoms with Crippen LogP contribution in [0.15, 0.2) is 0 Å². The summed E-state index contributed by atoms with van der Waals surface area (Å²) < 4.78 is 0. The van der Waals surface area contributed by atoms with Crippen LogP contribution in [0.1, 0.15) is 20.8 Å². The van der Waals surface area contributed by atoms with Crippen LogP contribution >= 0.6 is 0 Å². The van der Waals surface area contributed by atoms with Crippen molar-refractivity contribution in [3.8, 4) is 0 Å². The van der Waals surface area contributed by atoms with E-state index in [1.807, 2.05) is 13.8 Å². The number of hydrogen-bond acceptors (Lipinski definition) is 2. The third-order valence-electron chi connectivity index (χ3n) is 1.40. The number of hydrogen-bond donors (Lipinski definition) is 0. The largest absolute Gasteiger partial charge is 0.337 e. The van der Waals surface area contributed by atoms with Gasteiger partial charge in [0.15, 0.2) is 0 Å². The Balaban J connectivity index is 4.08. The summed E-state index contributed by atoms with van der Waals surface area (Å²) in [5.74, 6) is -0.828. The van der Waals surface area contributed by atoms with Crippen LogP contribution in [-0.2, 0) is 9.59 Å². The Morgan fingerprint density at radius 3 is 1.80 bits per heavy atom. The number of rotatable bonds is 2. The molecule has 0 saturated heterocycles. The fraction of sp³-hybridized carbons (Fsp3) is 0.714. The molecular weight excluding hydrogens is 130 g/mol. The van der Waals surface area contributed by atoms with E-state index in [1.165, 1.54) is 11.8 Å². The molecule has 0 aromatic carbocycles. The first-order chi connectivity index (χ1) is 4.46. The number of nitrogens with zero attached hydrogens (tertiary/aromatic N) is 1. The van der Waals surface area contributed by atoms with Gasteiger partial charge in [-0.3, -0.25) is 9.59 Å². The monoisotopic (exact) mass is 143 g/mol. The van der Waals surface area contributed by atoms with Gasteiger partial charge in [-0.2, -0.15) is 0 Å². The topological polar surface area (TPSA) is 37.4 Å². The van der Waals surface area contributed by atoms with Gasteiger partial charge in [-0.25, -0.2) is 0 Å². The van der Waals surface area contributed by atoms with Crippen molar-refractivity contribution in [3.05, 3.63) is 0 Å². The third-order valence-corrected chi connectivity index (χ3v) is 1.40. The molecule has 0 rings (SSSR count). The molecule has 0 saturated carbocycles. The second kappa shape index (κ2) is 3.34. The molecule has 0 aliphatic heterocycles. The van der Waals surface area contributed by atoms with Crippen molar-refractivity contribution in [2.75, 3.05) is 7.05 Å². The highest BCUT2D eigenvalue weighted by Crippen LogP contribution is 1.93. The van der Waals surface area contributed by atoms with Crippen LogP contribution in [-0.4, -0.2) is 29.7 Å². The summed E-state index contributed by atoms with van der Waals surface area (Å²) in [7, 11) is 1.62. The van der Waals surface area contributed by atoms with Gasteiger partial charge in [0.1, 0.15) is 0 Å². The van der Waals surface area contributed by atoms with Crippen molar-refractivity contribution in [3.63, 3.8) is 0 Å². The van der Waals surface area contributed by atoms with Crippen LogP contribution in [0.25, 0.3) is 0 Å². The minimum atomic E-state index is -0.421. The maximum Gasteiger partial charge on any atom is 0.289 e. The average molecular weight is 143 g/mol. The summed E-state index contributed by atoms with van der Waals surface area (Å²) in [4.78, 5) is 22.8. The van der Waals surface area contributed by atoms with Crippen molar-refractivity contribution >= 4 is 11.7 Å². The van der Waals surface area contributed by atoms with Gasteiger partial charge in [0.2, 0.25) is 5.78 Å². The maximum absolute atomic E-state index is 10.9. The molecule has 0 unspecified atom stereocenters. The van der Waals surface area contributed by atoms with Gasteiger partial charge in [-0.05, 0) is 13.8 Å². The zero-order valence-electron chi connectivity index (χ0n) is 6.84. The van der Waals surface area contributed by atoms with Gasteiger partial charge in [0, 0.05) is 20.0 Å². The first-order valence-corrected chi connectivity index (χ1v) is 3.24. The molecule has 0 heterocycles. The molecule has 1 amide bonds. The zero-order valence-corrected chi connectivity index (χ0v) is 6.84. The second-order valence-electron chi connectivity index (χ2n) is 2.57. The van der Waals surface area contributed by atoms with Crippen LogP contribution < -0.4 is 0 Å². The Morgan fingerprint density at radius 2 is 1.70 bits per heavy atom. The predicted molar refractivity (Wildman–Crippen MR) is 38.6 cm³/mol. The maximum atomic E-state index is 10.9. The lowest BCUT2D eigenvalue weighted by Gasteiger charge is -2.19. The molecule has 0 N–H and O–H groups in total. The number of carbonyl (C=O) groups excluding carboxylic acids is 2. The van der Waals surface area contributed by atoms with Gasteiger partial charge in [-0.1, -0.05) is 0 Å². The van der Waals surface area contributed by atoms with E-state index in [0.29, 0.717) is 0 Å². The van der Waals surface area contributed by atoms with Gasteiger partial charge >= 0.3 is 0 Å². The summed E-state index contributed by atoms with van der Waals surface area (Å²) >= 11 is 0. The van der Waals surface area contributed by atoms with Gasteiger partial charge < -0.3 is 4.90 Å². The van der Waals surface area contributed by atoms with Gasteiger partial charge in [-0.15, -0.1) is 0 Å². The first-order valence-electron chi connectivity index (χ1n) is 3.24. The Hall–Kier alpha value is -0.860. The normalized spacial score (nSPS) is 9.70. The molecule has 3 heteroatoms. The third kappa shape index (κ3) is 2.17. The summed E-state index contributed by atoms with van der Waals surface area (Å²) in [5, 5.41) is 0. The van der Waals surface area contributed by atoms with Crippen molar-refractivity contribution in [1.82, 2.24) is 4.90 Å². The lowest BCUT2D eigenvalue weighted by Crippen LogP contribution is -2.36. The number of amides is 1. The van der Waals surface area contributed by atoms with E-state index in [-0.39, 0.29) is 6.04 Å². The van der Waals surface area contributed by atoms with Crippen molar-refractivity contribution in [2.24, 2.45) is 0 Å². The van der Waals surface area contributed by atoms with Crippen LogP contribution in [0.2, 0.25) is 0 Å². The summed E-state index contributed by atoms with van der Waals surface area (Å²) in [6.07, 6.45) is 0. The molecule has 0 bridgehead atoms. The first kappa shape index (κ1) is 9.14. The molecule has 0 aromatic heterocycles. The van der Waals surface area contributed by atoms with E-state index < -0.39 is 11.7 Å². The van der Waals surface area contributed by atoms with Crippen LogP contribution in [0.5, 0.6) is 0 Å². The summed E-state index contributed by atoms with van der Waals surface area (Å²) in [5.41, 5.74) is 0. The van der Waals surface area contributed by atoms with Crippen molar-refractivity contribution in [2.45, 2.75) is 26.8 Å². The number of carbonyl (C=O) groups is 2. The van der Waals surface area contributed by atoms with E-state index in [4.69, 9.17) is 0 Å². The smallest absolute Gasteiger partial charge is 0.289 e. The highest BCUT2D eigenvalue weighted by atomic mass is 16.2. The molecule has 58 valence electrons. The van der Waals surface area contributed by atoms with Crippen molar-refractivity contribution in [1.29, 1.82) is 0 Å². The van der Waals surface area contributed by atoms with E-state index in [2.05, 4.69) is 0 Å². The molecule has 0 spiro atoms. The lowest BCUT2D eigenvalue weighted by molar-refractivity contribution is -0.143. The zero-order chi connectivity index (χ0) is 8.31.